The quantitative estimate of drug-likeness (QED) is 0.714. The highest BCUT2D eigenvalue weighted by Gasteiger charge is 2.33. The van der Waals surface area contributed by atoms with Gasteiger partial charge in [0, 0.05) is 42.2 Å². The molecule has 1 fully saturated rings. The van der Waals surface area contributed by atoms with E-state index in [2.05, 4.69) is 54.5 Å². The first-order valence-corrected chi connectivity index (χ1v) is 9.73. The number of aryl methyl sites for hydroxylation is 4. The summed E-state index contributed by atoms with van der Waals surface area (Å²) in [6, 6.07) is 12.7. The van der Waals surface area contributed by atoms with E-state index in [9.17, 15) is 4.79 Å². The van der Waals surface area contributed by atoms with Gasteiger partial charge >= 0.3 is 0 Å². The molecular weight excluding hydrogens is 348 g/mol. The third kappa shape index (κ3) is 3.11. The molecule has 4 rings (SSSR count). The molecule has 3 aromatic rings. The molecule has 1 saturated heterocycles. The zero-order valence-electron chi connectivity index (χ0n) is 17.2. The SMILES string of the molecule is Cc1ccc(C2CN(C(=O)c3cc(-c4n[nH][n+](C)c4C)c(C)cc3C)C2)cc1. The summed E-state index contributed by atoms with van der Waals surface area (Å²) < 4.78 is 1.89. The van der Waals surface area contributed by atoms with Crippen molar-refractivity contribution in [3.05, 3.63) is 69.9 Å². The number of nitrogens with one attached hydrogen (secondary N) is 1. The fraction of sp³-hybridized carbons (Fsp3) is 0.348. The van der Waals surface area contributed by atoms with Gasteiger partial charge in [0.15, 0.2) is 5.69 Å². The first-order chi connectivity index (χ1) is 13.3. The first-order valence-electron chi connectivity index (χ1n) is 9.73. The van der Waals surface area contributed by atoms with Crippen molar-refractivity contribution in [3.63, 3.8) is 0 Å². The zero-order chi connectivity index (χ0) is 20.0. The van der Waals surface area contributed by atoms with Crippen molar-refractivity contribution >= 4 is 5.91 Å². The lowest BCUT2D eigenvalue weighted by molar-refractivity contribution is -0.735. The van der Waals surface area contributed by atoms with Gasteiger partial charge in [0.1, 0.15) is 7.05 Å². The van der Waals surface area contributed by atoms with Crippen LogP contribution in [0.3, 0.4) is 0 Å². The number of amides is 1. The van der Waals surface area contributed by atoms with Crippen LogP contribution >= 0.6 is 0 Å². The largest absolute Gasteiger partial charge is 0.337 e. The van der Waals surface area contributed by atoms with Crippen LogP contribution in [0, 0.1) is 27.7 Å². The predicted molar refractivity (Wildman–Crippen MR) is 109 cm³/mol. The second-order valence-corrected chi connectivity index (χ2v) is 8.00. The van der Waals surface area contributed by atoms with Crippen LogP contribution in [0.5, 0.6) is 0 Å². The Labute approximate surface area is 166 Å². The van der Waals surface area contributed by atoms with E-state index < -0.39 is 0 Å². The van der Waals surface area contributed by atoms with Gasteiger partial charge in [-0.25, -0.2) is 0 Å². The van der Waals surface area contributed by atoms with E-state index in [1.807, 2.05) is 36.5 Å². The van der Waals surface area contributed by atoms with Crippen molar-refractivity contribution < 1.29 is 9.48 Å². The number of carbonyl (C=O) groups excluding carboxylic acids is 1. The number of aromatic nitrogens is 3. The molecule has 1 aliphatic heterocycles. The lowest BCUT2D eigenvalue weighted by Gasteiger charge is -2.40. The van der Waals surface area contributed by atoms with Crippen LogP contribution in [0.15, 0.2) is 36.4 Å². The highest BCUT2D eigenvalue weighted by atomic mass is 16.2. The summed E-state index contributed by atoms with van der Waals surface area (Å²) in [6.45, 7) is 9.77. The number of nitrogens with zero attached hydrogens (tertiary/aromatic N) is 3. The molecule has 5 heteroatoms. The third-order valence-electron chi connectivity index (χ3n) is 5.93. The minimum Gasteiger partial charge on any atom is -0.337 e. The third-order valence-corrected chi connectivity index (χ3v) is 5.93. The number of aromatic amines is 1. The zero-order valence-corrected chi connectivity index (χ0v) is 17.2. The van der Waals surface area contributed by atoms with Crippen LogP contribution in [0.2, 0.25) is 0 Å². The standard InChI is InChI=1S/C23H26N4O/c1-14-6-8-18(9-7-14)19-12-27(13-19)23(28)21-11-20(15(2)10-16(21)3)22-17(4)26(5)25-24-22/h6-11,19H,12-13H2,1-5H3/p+1. The Balaban J connectivity index is 1.57. The summed E-state index contributed by atoms with van der Waals surface area (Å²) in [5.74, 6) is 0.544. The predicted octanol–water partition coefficient (Wildman–Crippen LogP) is 3.37. The van der Waals surface area contributed by atoms with Crippen molar-refractivity contribution in [1.82, 2.24) is 15.2 Å². The average Bonchev–Trinajstić information content (AvgIpc) is 2.94. The summed E-state index contributed by atoms with van der Waals surface area (Å²) >= 11 is 0. The molecule has 144 valence electrons. The Kier molecular flexibility index (Phi) is 4.53. The molecule has 2 heterocycles. The topological polar surface area (TPSA) is 52.9 Å². The van der Waals surface area contributed by atoms with Crippen molar-refractivity contribution in [2.45, 2.75) is 33.6 Å². The molecule has 1 aliphatic rings. The highest BCUT2D eigenvalue weighted by molar-refractivity contribution is 5.97. The Hall–Kier alpha value is -2.95. The summed E-state index contributed by atoms with van der Waals surface area (Å²) in [5, 5.41) is 7.40. The van der Waals surface area contributed by atoms with Crippen LogP contribution < -0.4 is 4.68 Å². The van der Waals surface area contributed by atoms with Crippen molar-refractivity contribution in [1.29, 1.82) is 0 Å². The maximum atomic E-state index is 13.2. The Morgan fingerprint density at radius 2 is 1.75 bits per heavy atom. The Morgan fingerprint density at radius 1 is 1.07 bits per heavy atom. The number of hydrogen-bond acceptors (Lipinski definition) is 2. The summed E-state index contributed by atoms with van der Waals surface area (Å²) in [6.07, 6.45) is 0. The first kappa shape index (κ1) is 18.4. The van der Waals surface area contributed by atoms with E-state index in [4.69, 9.17) is 0 Å². The molecule has 0 atom stereocenters. The van der Waals surface area contributed by atoms with Crippen LogP contribution in [0.4, 0.5) is 0 Å². The van der Waals surface area contributed by atoms with Gasteiger partial charge in [-0.05, 0) is 43.5 Å². The molecule has 5 nitrogen and oxygen atoms in total. The van der Waals surface area contributed by atoms with E-state index in [0.717, 1.165) is 46.7 Å². The van der Waals surface area contributed by atoms with Crippen LogP contribution in [0.25, 0.3) is 11.3 Å². The van der Waals surface area contributed by atoms with Crippen molar-refractivity contribution in [3.8, 4) is 11.3 Å². The molecule has 1 aromatic heterocycles. The molecule has 0 saturated carbocycles. The maximum Gasteiger partial charge on any atom is 0.254 e. The number of carbonyl (C=O) groups is 1. The average molecular weight is 375 g/mol. The van der Waals surface area contributed by atoms with Gasteiger partial charge in [0.25, 0.3) is 11.6 Å². The van der Waals surface area contributed by atoms with Gasteiger partial charge in [-0.2, -0.15) is 4.68 Å². The number of H-pyrrole nitrogens is 1. The molecule has 0 radical (unpaired) electrons. The fourth-order valence-corrected chi connectivity index (χ4v) is 3.90. The van der Waals surface area contributed by atoms with Crippen LogP contribution in [0.1, 0.15) is 44.2 Å². The number of likely N-dealkylation sites (tertiary alicyclic amines) is 1. The molecule has 0 spiro atoms. The van der Waals surface area contributed by atoms with Gasteiger partial charge in [-0.3, -0.25) is 4.79 Å². The second kappa shape index (κ2) is 6.89. The van der Waals surface area contributed by atoms with Crippen molar-refractivity contribution in [2.75, 3.05) is 13.1 Å². The minimum absolute atomic E-state index is 0.111. The van der Waals surface area contributed by atoms with Crippen LogP contribution in [-0.4, -0.2) is 34.2 Å². The molecule has 2 aromatic carbocycles. The summed E-state index contributed by atoms with van der Waals surface area (Å²) in [5.41, 5.74) is 8.46. The van der Waals surface area contributed by atoms with Gasteiger partial charge in [-0.15, -0.1) is 0 Å². The Morgan fingerprint density at radius 3 is 2.36 bits per heavy atom. The maximum absolute atomic E-state index is 13.2. The lowest BCUT2D eigenvalue weighted by Crippen LogP contribution is -2.48. The van der Waals surface area contributed by atoms with Gasteiger partial charge in [-0.1, -0.05) is 41.1 Å². The number of hydrogen-bond donors (Lipinski definition) is 1. The van der Waals surface area contributed by atoms with Crippen LogP contribution in [-0.2, 0) is 7.05 Å². The van der Waals surface area contributed by atoms with Gasteiger partial charge < -0.3 is 4.90 Å². The smallest absolute Gasteiger partial charge is 0.254 e. The van der Waals surface area contributed by atoms with Gasteiger partial charge in [0.05, 0.1) is 0 Å². The fourth-order valence-electron chi connectivity index (χ4n) is 3.90. The number of rotatable bonds is 3. The van der Waals surface area contributed by atoms with Gasteiger partial charge in [0.2, 0.25) is 0 Å². The highest BCUT2D eigenvalue weighted by Crippen LogP contribution is 2.31. The molecule has 28 heavy (non-hydrogen) atoms. The van der Waals surface area contributed by atoms with E-state index in [1.54, 1.807) is 0 Å². The molecule has 0 unspecified atom stereocenters. The normalized spacial score (nSPS) is 14.2. The van der Waals surface area contributed by atoms with E-state index in [-0.39, 0.29) is 5.91 Å². The van der Waals surface area contributed by atoms with E-state index in [1.165, 1.54) is 11.1 Å². The van der Waals surface area contributed by atoms with E-state index >= 15 is 0 Å². The monoisotopic (exact) mass is 375 g/mol. The number of benzene rings is 2. The molecular formula is C23H27N4O+. The molecule has 0 aliphatic carbocycles. The second-order valence-electron chi connectivity index (χ2n) is 8.00. The minimum atomic E-state index is 0.111. The Bertz CT molecular complexity index is 1040. The molecule has 0 bridgehead atoms. The molecule has 1 amide bonds. The summed E-state index contributed by atoms with van der Waals surface area (Å²) in [4.78, 5) is 15.1. The van der Waals surface area contributed by atoms with Crippen molar-refractivity contribution in [2.24, 2.45) is 7.05 Å². The van der Waals surface area contributed by atoms with E-state index in [0.29, 0.717) is 5.92 Å². The molecule has 1 N–H and O–H groups in total. The summed E-state index contributed by atoms with van der Waals surface area (Å²) in [7, 11) is 1.94. The lowest BCUT2D eigenvalue weighted by atomic mass is 9.89.